The molecule has 0 amide bonds. The molecule has 2 unspecified atom stereocenters. The predicted octanol–water partition coefficient (Wildman–Crippen LogP) is 2.39. The summed E-state index contributed by atoms with van der Waals surface area (Å²) in [7, 11) is 4.12. The molecule has 0 aliphatic carbocycles. The Morgan fingerprint density at radius 1 is 1.25 bits per heavy atom. The lowest BCUT2D eigenvalue weighted by atomic mass is 9.88. The van der Waals surface area contributed by atoms with Crippen molar-refractivity contribution in [3.05, 3.63) is 29.8 Å². The average Bonchev–Trinajstić information content (AvgIpc) is 2.43. The minimum absolute atomic E-state index is 0.142. The molecule has 1 aromatic rings. The second-order valence-corrected chi connectivity index (χ2v) is 6.18. The topological polar surface area (TPSA) is 26.7 Å². The van der Waals surface area contributed by atoms with E-state index in [1.807, 2.05) is 0 Å². The van der Waals surface area contributed by atoms with Crippen LogP contribution in [0.25, 0.3) is 0 Å². The molecule has 0 spiro atoms. The lowest BCUT2D eigenvalue weighted by Crippen LogP contribution is -2.44. The average molecular weight is 276 g/mol. The lowest BCUT2D eigenvalue weighted by molar-refractivity contribution is 0.0270. The van der Waals surface area contributed by atoms with Gasteiger partial charge in [0, 0.05) is 38.8 Å². The molecule has 1 aromatic carbocycles. The number of nitrogens with zero attached hydrogens (tertiary/aromatic N) is 2. The number of hydrogen-bond acceptors (Lipinski definition) is 3. The van der Waals surface area contributed by atoms with Crippen molar-refractivity contribution in [1.29, 1.82) is 0 Å². The zero-order valence-electron chi connectivity index (χ0n) is 13.0. The second kappa shape index (κ2) is 7.09. The molecular weight excluding hydrogens is 248 g/mol. The Bertz CT molecular complexity index is 402. The molecule has 3 heteroatoms. The van der Waals surface area contributed by atoms with Gasteiger partial charge in [-0.2, -0.15) is 0 Å². The van der Waals surface area contributed by atoms with Crippen LogP contribution in [0.15, 0.2) is 24.3 Å². The van der Waals surface area contributed by atoms with Crippen LogP contribution in [0.5, 0.6) is 0 Å². The molecule has 1 saturated heterocycles. The molecule has 0 aromatic heterocycles. The standard InChI is InChI=1S/C17H28N2O/c1-4-10-19-11-9-17(20)15(13-19)12-14-5-7-16(8-6-14)18(2)3/h5-8,15,17,20H,4,9-13H2,1-3H3. The van der Waals surface area contributed by atoms with E-state index in [0.717, 1.165) is 32.5 Å². The molecule has 1 fully saturated rings. The quantitative estimate of drug-likeness (QED) is 0.894. The number of piperidine rings is 1. The Balaban J connectivity index is 1.96. The first-order valence-electron chi connectivity index (χ1n) is 7.77. The molecule has 1 heterocycles. The third kappa shape index (κ3) is 3.97. The number of aliphatic hydroxyl groups excluding tert-OH is 1. The molecule has 1 aliphatic heterocycles. The summed E-state index contributed by atoms with van der Waals surface area (Å²) >= 11 is 0. The van der Waals surface area contributed by atoms with Crippen LogP contribution in [0.3, 0.4) is 0 Å². The molecule has 0 saturated carbocycles. The maximum atomic E-state index is 10.2. The summed E-state index contributed by atoms with van der Waals surface area (Å²) in [4.78, 5) is 4.60. The fourth-order valence-electron chi connectivity index (χ4n) is 3.05. The molecular formula is C17H28N2O. The van der Waals surface area contributed by atoms with Crippen molar-refractivity contribution in [3.8, 4) is 0 Å². The van der Waals surface area contributed by atoms with Crippen LogP contribution in [0.4, 0.5) is 5.69 Å². The van der Waals surface area contributed by atoms with Crippen molar-refractivity contribution >= 4 is 5.69 Å². The largest absolute Gasteiger partial charge is 0.393 e. The molecule has 112 valence electrons. The summed E-state index contributed by atoms with van der Waals surface area (Å²) in [5.74, 6) is 0.375. The van der Waals surface area contributed by atoms with Crippen molar-refractivity contribution < 1.29 is 5.11 Å². The number of anilines is 1. The summed E-state index contributed by atoms with van der Waals surface area (Å²) in [5.41, 5.74) is 2.56. The zero-order chi connectivity index (χ0) is 14.5. The van der Waals surface area contributed by atoms with Gasteiger partial charge in [0.05, 0.1) is 6.10 Å². The van der Waals surface area contributed by atoms with E-state index in [4.69, 9.17) is 0 Å². The highest BCUT2D eigenvalue weighted by Crippen LogP contribution is 2.23. The first kappa shape index (κ1) is 15.3. The van der Waals surface area contributed by atoms with Gasteiger partial charge in [0.2, 0.25) is 0 Å². The maximum Gasteiger partial charge on any atom is 0.0596 e. The summed E-state index contributed by atoms with van der Waals surface area (Å²) in [6.45, 7) is 5.46. The first-order valence-corrected chi connectivity index (χ1v) is 7.77. The Morgan fingerprint density at radius 3 is 2.55 bits per heavy atom. The van der Waals surface area contributed by atoms with Gasteiger partial charge in [0.15, 0.2) is 0 Å². The molecule has 2 rings (SSSR count). The molecule has 1 aliphatic rings. The van der Waals surface area contributed by atoms with E-state index >= 15 is 0 Å². The number of benzene rings is 1. The smallest absolute Gasteiger partial charge is 0.0596 e. The van der Waals surface area contributed by atoms with Gasteiger partial charge in [0.25, 0.3) is 0 Å². The summed E-state index contributed by atoms with van der Waals surface area (Å²) in [6.07, 6.45) is 2.95. The van der Waals surface area contributed by atoms with Crippen LogP contribution >= 0.6 is 0 Å². The van der Waals surface area contributed by atoms with Gasteiger partial charge in [0.1, 0.15) is 0 Å². The summed E-state index contributed by atoms with van der Waals surface area (Å²) in [6, 6.07) is 8.71. The van der Waals surface area contributed by atoms with Crippen LogP contribution < -0.4 is 4.90 Å². The van der Waals surface area contributed by atoms with Gasteiger partial charge in [-0.15, -0.1) is 0 Å². The van der Waals surface area contributed by atoms with E-state index < -0.39 is 0 Å². The van der Waals surface area contributed by atoms with Crippen LogP contribution in [0.2, 0.25) is 0 Å². The van der Waals surface area contributed by atoms with E-state index in [1.165, 1.54) is 17.7 Å². The molecule has 1 N–H and O–H groups in total. The van der Waals surface area contributed by atoms with Crippen LogP contribution in [-0.2, 0) is 6.42 Å². The van der Waals surface area contributed by atoms with E-state index in [1.54, 1.807) is 0 Å². The van der Waals surface area contributed by atoms with Crippen molar-refractivity contribution in [3.63, 3.8) is 0 Å². The van der Waals surface area contributed by atoms with Gasteiger partial charge in [-0.1, -0.05) is 19.1 Å². The maximum absolute atomic E-state index is 10.2. The molecule has 0 radical (unpaired) electrons. The van der Waals surface area contributed by atoms with Gasteiger partial charge in [-0.3, -0.25) is 0 Å². The first-order chi connectivity index (χ1) is 9.60. The van der Waals surface area contributed by atoms with E-state index in [2.05, 4.69) is 55.1 Å². The van der Waals surface area contributed by atoms with Crippen LogP contribution in [-0.4, -0.2) is 49.8 Å². The molecule has 20 heavy (non-hydrogen) atoms. The predicted molar refractivity (Wildman–Crippen MR) is 85.3 cm³/mol. The Morgan fingerprint density at radius 2 is 1.95 bits per heavy atom. The highest BCUT2D eigenvalue weighted by atomic mass is 16.3. The minimum Gasteiger partial charge on any atom is -0.393 e. The van der Waals surface area contributed by atoms with E-state index in [9.17, 15) is 5.11 Å². The van der Waals surface area contributed by atoms with Gasteiger partial charge >= 0.3 is 0 Å². The Kier molecular flexibility index (Phi) is 5.44. The fraction of sp³-hybridized carbons (Fsp3) is 0.647. The van der Waals surface area contributed by atoms with Crippen molar-refractivity contribution in [2.24, 2.45) is 5.92 Å². The van der Waals surface area contributed by atoms with Gasteiger partial charge in [-0.25, -0.2) is 0 Å². The third-order valence-corrected chi connectivity index (χ3v) is 4.27. The monoisotopic (exact) mass is 276 g/mol. The normalized spacial score (nSPS) is 23.8. The molecule has 0 bridgehead atoms. The van der Waals surface area contributed by atoms with Crippen molar-refractivity contribution in [1.82, 2.24) is 4.90 Å². The van der Waals surface area contributed by atoms with E-state index in [0.29, 0.717) is 5.92 Å². The molecule has 2 atom stereocenters. The Hall–Kier alpha value is -1.06. The number of hydrogen-bond donors (Lipinski definition) is 1. The van der Waals surface area contributed by atoms with Crippen LogP contribution in [0, 0.1) is 5.92 Å². The van der Waals surface area contributed by atoms with Gasteiger partial charge in [-0.05, 0) is 43.5 Å². The lowest BCUT2D eigenvalue weighted by Gasteiger charge is -2.36. The summed E-state index contributed by atoms with van der Waals surface area (Å²) < 4.78 is 0. The third-order valence-electron chi connectivity index (χ3n) is 4.27. The van der Waals surface area contributed by atoms with Crippen molar-refractivity contribution in [2.75, 3.05) is 38.6 Å². The van der Waals surface area contributed by atoms with Crippen LogP contribution in [0.1, 0.15) is 25.3 Å². The highest BCUT2D eigenvalue weighted by molar-refractivity contribution is 5.46. The minimum atomic E-state index is -0.142. The zero-order valence-corrected chi connectivity index (χ0v) is 13.0. The SMILES string of the molecule is CCCN1CCC(O)C(Cc2ccc(N(C)C)cc2)C1. The fourth-order valence-corrected chi connectivity index (χ4v) is 3.05. The number of rotatable bonds is 5. The summed E-state index contributed by atoms with van der Waals surface area (Å²) in [5, 5.41) is 10.2. The molecule has 3 nitrogen and oxygen atoms in total. The highest BCUT2D eigenvalue weighted by Gasteiger charge is 2.27. The van der Waals surface area contributed by atoms with Gasteiger partial charge < -0.3 is 14.9 Å². The van der Waals surface area contributed by atoms with E-state index in [-0.39, 0.29) is 6.10 Å². The second-order valence-electron chi connectivity index (χ2n) is 6.18. The number of likely N-dealkylation sites (tertiary alicyclic amines) is 1. The number of aliphatic hydroxyl groups is 1. The Labute approximate surface area is 123 Å². The van der Waals surface area contributed by atoms with Crippen molar-refractivity contribution in [2.45, 2.75) is 32.3 Å².